The van der Waals surface area contributed by atoms with Crippen molar-refractivity contribution in [1.82, 2.24) is 0 Å². The summed E-state index contributed by atoms with van der Waals surface area (Å²) in [4.78, 5) is 0. The molecule has 7 unspecified atom stereocenters. The summed E-state index contributed by atoms with van der Waals surface area (Å²) < 4.78 is 29.7. The summed E-state index contributed by atoms with van der Waals surface area (Å²) in [5, 5.41) is 48.1. The molecule has 11 heteroatoms. The number of ether oxygens (including phenoxy) is 1. The molecule has 3 heterocycles. The van der Waals surface area contributed by atoms with Gasteiger partial charge in [0.15, 0.2) is 18.5 Å². The SMILES string of the molecule is O=P12OC(O)C3OC(O)C(O)(O1)C(O)C3(O)O2. The van der Waals surface area contributed by atoms with Gasteiger partial charge in [-0.15, -0.1) is 0 Å². The zero-order valence-corrected chi connectivity index (χ0v) is 8.93. The number of hydrogen-bond acceptors (Lipinski definition) is 10. The van der Waals surface area contributed by atoms with Gasteiger partial charge in [0.05, 0.1) is 0 Å². The van der Waals surface area contributed by atoms with E-state index in [0.717, 1.165) is 0 Å². The van der Waals surface area contributed by atoms with E-state index in [-0.39, 0.29) is 0 Å². The van der Waals surface area contributed by atoms with Gasteiger partial charge >= 0.3 is 7.82 Å². The number of phosphoric acid groups is 1. The Morgan fingerprint density at radius 1 is 1.06 bits per heavy atom. The van der Waals surface area contributed by atoms with Crippen LogP contribution in [0.1, 0.15) is 0 Å². The van der Waals surface area contributed by atoms with Crippen molar-refractivity contribution in [3.63, 3.8) is 0 Å². The maximum Gasteiger partial charge on any atom is 0.482 e. The molecule has 0 aromatic heterocycles. The molecule has 3 aliphatic rings. The summed E-state index contributed by atoms with van der Waals surface area (Å²) >= 11 is 0. The third-order valence-corrected chi connectivity index (χ3v) is 4.34. The van der Waals surface area contributed by atoms with Gasteiger partial charge in [-0.2, -0.15) is 0 Å². The third kappa shape index (κ3) is 1.28. The fraction of sp³-hybridized carbons (Fsp3) is 1.00. The van der Waals surface area contributed by atoms with Crippen LogP contribution in [0.2, 0.25) is 0 Å². The van der Waals surface area contributed by atoms with E-state index >= 15 is 0 Å². The smallest absolute Gasteiger partial charge is 0.382 e. The summed E-state index contributed by atoms with van der Waals surface area (Å²) in [5.74, 6) is -5.58. The molecular weight excluding hydrogens is 263 g/mol. The molecule has 0 aromatic carbocycles. The molecule has 7 atom stereocenters. The molecule has 10 nitrogen and oxygen atoms in total. The van der Waals surface area contributed by atoms with E-state index in [2.05, 4.69) is 18.3 Å². The van der Waals surface area contributed by atoms with Crippen LogP contribution in [0.4, 0.5) is 0 Å². The predicted octanol–water partition coefficient (Wildman–Crippen LogP) is -3.05. The molecule has 5 N–H and O–H groups in total. The zero-order chi connectivity index (χ0) is 12.6. The molecule has 3 bridgehead atoms. The first-order chi connectivity index (χ1) is 7.71. The largest absolute Gasteiger partial charge is 0.482 e. The molecule has 0 radical (unpaired) electrons. The molecule has 0 aromatic rings. The molecular formula is C6H9O10P. The Kier molecular flexibility index (Phi) is 2.15. The Hall–Kier alpha value is -0.130. The van der Waals surface area contributed by atoms with Crippen LogP contribution in [0.5, 0.6) is 0 Å². The third-order valence-electron chi connectivity index (χ3n) is 2.83. The van der Waals surface area contributed by atoms with E-state index in [4.69, 9.17) is 0 Å². The number of phosphoric ester groups is 1. The lowest BCUT2D eigenvalue weighted by molar-refractivity contribution is -0.490. The van der Waals surface area contributed by atoms with Crippen molar-refractivity contribution >= 4 is 7.82 Å². The van der Waals surface area contributed by atoms with Crippen molar-refractivity contribution in [3.05, 3.63) is 0 Å². The minimum Gasteiger partial charge on any atom is -0.382 e. The second kappa shape index (κ2) is 3.06. The molecule has 0 amide bonds. The second-order valence-electron chi connectivity index (χ2n) is 3.94. The van der Waals surface area contributed by atoms with E-state index in [9.17, 15) is 30.1 Å². The normalized spacial score (nSPS) is 65.9. The lowest BCUT2D eigenvalue weighted by atomic mass is 9.91. The molecule has 3 fully saturated rings. The standard InChI is InChI=1S/C6H9O10P/c7-2-1-5(10)3(8)6(11,4(9)13-1)16-17(12,14-2)15-5/h1-4,7-11H. The molecule has 0 spiro atoms. The highest BCUT2D eigenvalue weighted by atomic mass is 31.2. The van der Waals surface area contributed by atoms with E-state index in [1.165, 1.54) is 0 Å². The van der Waals surface area contributed by atoms with Gasteiger partial charge in [0.25, 0.3) is 5.79 Å². The number of hydrogen-bond donors (Lipinski definition) is 5. The molecule has 0 aliphatic carbocycles. The Morgan fingerprint density at radius 2 is 1.65 bits per heavy atom. The fourth-order valence-electron chi connectivity index (χ4n) is 2.00. The highest BCUT2D eigenvalue weighted by Crippen LogP contribution is 2.67. The highest BCUT2D eigenvalue weighted by molar-refractivity contribution is 7.48. The van der Waals surface area contributed by atoms with Crippen LogP contribution in [-0.2, 0) is 22.9 Å². The van der Waals surface area contributed by atoms with Crippen LogP contribution in [-0.4, -0.2) is 61.9 Å². The van der Waals surface area contributed by atoms with Gasteiger partial charge in [-0.3, -0.25) is 4.52 Å². The van der Waals surface area contributed by atoms with Crippen molar-refractivity contribution in [2.75, 3.05) is 0 Å². The number of rotatable bonds is 0. The average molecular weight is 272 g/mol. The summed E-state index contributed by atoms with van der Waals surface area (Å²) in [7, 11) is -4.52. The zero-order valence-electron chi connectivity index (χ0n) is 8.03. The lowest BCUT2D eigenvalue weighted by Crippen LogP contribution is -2.79. The van der Waals surface area contributed by atoms with Crippen LogP contribution in [0.25, 0.3) is 0 Å². The van der Waals surface area contributed by atoms with Crippen LogP contribution in [0.15, 0.2) is 0 Å². The van der Waals surface area contributed by atoms with Crippen LogP contribution in [0, 0.1) is 0 Å². The van der Waals surface area contributed by atoms with Gasteiger partial charge in [0.1, 0.15) is 0 Å². The van der Waals surface area contributed by atoms with Crippen LogP contribution < -0.4 is 0 Å². The van der Waals surface area contributed by atoms with Crippen molar-refractivity contribution in [2.24, 2.45) is 0 Å². The first kappa shape index (κ1) is 11.9. The van der Waals surface area contributed by atoms with Gasteiger partial charge in [-0.25, -0.2) is 13.6 Å². The monoisotopic (exact) mass is 272 g/mol. The summed E-state index contributed by atoms with van der Waals surface area (Å²) in [6, 6.07) is 0. The summed E-state index contributed by atoms with van der Waals surface area (Å²) in [6.45, 7) is 0. The van der Waals surface area contributed by atoms with Gasteiger partial charge in [-0.1, -0.05) is 0 Å². The molecule has 3 saturated heterocycles. The Labute approximate surface area is 93.5 Å². The fourth-order valence-corrected chi connectivity index (χ4v) is 3.61. The second-order valence-corrected chi connectivity index (χ2v) is 5.41. The molecule has 98 valence electrons. The molecule has 0 saturated carbocycles. The van der Waals surface area contributed by atoms with Gasteiger partial charge in [0, 0.05) is 0 Å². The Balaban J connectivity index is 2.16. The minimum atomic E-state index is -4.52. The number of aliphatic hydroxyl groups is 5. The van der Waals surface area contributed by atoms with E-state index < -0.39 is 44.2 Å². The summed E-state index contributed by atoms with van der Waals surface area (Å²) in [5.41, 5.74) is 0. The van der Waals surface area contributed by atoms with E-state index in [1.54, 1.807) is 0 Å². The first-order valence-corrected chi connectivity index (χ1v) is 6.02. The van der Waals surface area contributed by atoms with Crippen molar-refractivity contribution < 1.29 is 48.4 Å². The van der Waals surface area contributed by atoms with E-state index in [0.29, 0.717) is 0 Å². The lowest BCUT2D eigenvalue weighted by Gasteiger charge is -2.58. The molecule has 3 rings (SSSR count). The highest BCUT2D eigenvalue weighted by Gasteiger charge is 2.77. The average Bonchev–Trinajstić information content (AvgIpc) is 2.18. The maximum atomic E-state index is 11.7. The maximum absolute atomic E-state index is 11.7. The summed E-state index contributed by atoms with van der Waals surface area (Å²) in [6.07, 6.45) is -8.06. The van der Waals surface area contributed by atoms with Gasteiger partial charge < -0.3 is 30.3 Å². The van der Waals surface area contributed by atoms with Crippen LogP contribution in [0.3, 0.4) is 0 Å². The minimum absolute atomic E-state index is 1.75. The van der Waals surface area contributed by atoms with Crippen molar-refractivity contribution in [3.8, 4) is 0 Å². The van der Waals surface area contributed by atoms with Gasteiger partial charge in [-0.05, 0) is 0 Å². The Bertz CT molecular complexity index is 410. The first-order valence-electron chi connectivity index (χ1n) is 4.56. The molecule has 3 aliphatic heterocycles. The van der Waals surface area contributed by atoms with Gasteiger partial charge in [0.2, 0.25) is 12.1 Å². The predicted molar refractivity (Wildman–Crippen MR) is 43.7 cm³/mol. The Morgan fingerprint density at radius 3 is 2.29 bits per heavy atom. The quantitative estimate of drug-likeness (QED) is 0.287. The number of fused-ring (bicyclic) bond motifs is 2. The molecule has 17 heavy (non-hydrogen) atoms. The van der Waals surface area contributed by atoms with Crippen molar-refractivity contribution in [2.45, 2.75) is 36.4 Å². The van der Waals surface area contributed by atoms with Crippen LogP contribution >= 0.6 is 7.82 Å². The van der Waals surface area contributed by atoms with E-state index in [1.807, 2.05) is 0 Å². The van der Waals surface area contributed by atoms with Crippen molar-refractivity contribution in [1.29, 1.82) is 0 Å². The topological polar surface area (TPSA) is 155 Å². The number of aliphatic hydroxyl groups excluding tert-OH is 3.